The van der Waals surface area contributed by atoms with Crippen molar-refractivity contribution < 1.29 is 4.74 Å². The smallest absolute Gasteiger partial charge is 0.0968 e. The van der Waals surface area contributed by atoms with Gasteiger partial charge in [0.1, 0.15) is 0 Å². The number of rotatable bonds is 4. The highest BCUT2D eigenvalue weighted by molar-refractivity contribution is 9.10. The summed E-state index contributed by atoms with van der Waals surface area (Å²) in [6.45, 7) is 2.02. The van der Waals surface area contributed by atoms with Crippen LogP contribution in [0.15, 0.2) is 15.9 Å². The molecule has 2 aliphatic rings. The number of ether oxygens (including phenoxy) is 1. The van der Waals surface area contributed by atoms with Crippen LogP contribution in [0.2, 0.25) is 0 Å². The highest BCUT2D eigenvalue weighted by atomic mass is 79.9. The van der Waals surface area contributed by atoms with E-state index in [1.54, 1.807) is 0 Å². The molecule has 0 amide bonds. The van der Waals surface area contributed by atoms with E-state index in [1.807, 2.05) is 11.3 Å². The van der Waals surface area contributed by atoms with E-state index < -0.39 is 0 Å². The van der Waals surface area contributed by atoms with Crippen LogP contribution < -0.4 is 5.32 Å². The lowest BCUT2D eigenvalue weighted by Crippen LogP contribution is -2.32. The zero-order valence-corrected chi connectivity index (χ0v) is 12.2. The molecule has 0 bridgehead atoms. The molecule has 1 N–H and O–H groups in total. The fourth-order valence-electron chi connectivity index (χ4n) is 2.46. The second-order valence-electron chi connectivity index (χ2n) is 5.01. The third kappa shape index (κ3) is 2.92. The molecular formula is C13H18BrNOS. The van der Waals surface area contributed by atoms with Crippen molar-refractivity contribution >= 4 is 27.3 Å². The average Bonchev–Trinajstić information content (AvgIpc) is 3.09. The van der Waals surface area contributed by atoms with Crippen molar-refractivity contribution in [3.8, 4) is 0 Å². The molecule has 1 aromatic rings. The largest absolute Gasteiger partial charge is 0.372 e. The molecule has 1 saturated heterocycles. The number of hydrogen-bond acceptors (Lipinski definition) is 3. The predicted octanol–water partition coefficient (Wildman–Crippen LogP) is 3.73. The van der Waals surface area contributed by atoms with Gasteiger partial charge in [-0.2, -0.15) is 0 Å². The van der Waals surface area contributed by atoms with Gasteiger partial charge in [0.05, 0.1) is 6.10 Å². The van der Waals surface area contributed by atoms with Gasteiger partial charge in [-0.05, 0) is 53.1 Å². The van der Waals surface area contributed by atoms with Gasteiger partial charge in [0.25, 0.3) is 0 Å². The Balaban J connectivity index is 1.68. The Kier molecular flexibility index (Phi) is 3.85. The topological polar surface area (TPSA) is 21.3 Å². The third-order valence-corrected chi connectivity index (χ3v) is 5.53. The molecule has 17 heavy (non-hydrogen) atoms. The number of hydrogen-bond donors (Lipinski definition) is 1. The van der Waals surface area contributed by atoms with Crippen LogP contribution in [0.4, 0.5) is 0 Å². The van der Waals surface area contributed by atoms with Crippen LogP contribution >= 0.6 is 27.3 Å². The minimum atomic E-state index is 0.296. The minimum absolute atomic E-state index is 0.296. The number of thiophene rings is 1. The normalized spacial score (nSPS) is 29.5. The van der Waals surface area contributed by atoms with Crippen molar-refractivity contribution in [2.45, 2.75) is 37.8 Å². The van der Waals surface area contributed by atoms with E-state index in [0.29, 0.717) is 12.0 Å². The molecule has 2 fully saturated rings. The monoisotopic (exact) mass is 315 g/mol. The molecular weight excluding hydrogens is 298 g/mol. The van der Waals surface area contributed by atoms with E-state index in [-0.39, 0.29) is 0 Å². The first-order valence-corrected chi connectivity index (χ1v) is 8.10. The predicted molar refractivity (Wildman–Crippen MR) is 74.5 cm³/mol. The molecule has 0 radical (unpaired) electrons. The fraction of sp³-hybridized carbons (Fsp3) is 0.692. The van der Waals surface area contributed by atoms with Crippen LogP contribution in [0.5, 0.6) is 0 Å². The molecule has 1 aliphatic heterocycles. The third-order valence-electron chi connectivity index (χ3n) is 3.59. The second-order valence-corrected chi connectivity index (χ2v) is 6.81. The molecule has 2 unspecified atom stereocenters. The maximum Gasteiger partial charge on any atom is 0.0968 e. The van der Waals surface area contributed by atoms with Gasteiger partial charge in [0, 0.05) is 34.5 Å². The lowest BCUT2D eigenvalue weighted by atomic mass is 9.93. The Bertz CT molecular complexity index is 377. The molecule has 1 saturated carbocycles. The van der Waals surface area contributed by atoms with E-state index >= 15 is 0 Å². The SMILES string of the molecule is Brc1ccsc1C1OCCCC1CNC1CC1. The zero-order valence-electron chi connectivity index (χ0n) is 9.82. The Morgan fingerprint density at radius 3 is 3.00 bits per heavy atom. The van der Waals surface area contributed by atoms with Crippen LogP contribution in [-0.4, -0.2) is 19.2 Å². The van der Waals surface area contributed by atoms with Crippen molar-refractivity contribution in [1.82, 2.24) is 5.32 Å². The van der Waals surface area contributed by atoms with E-state index in [9.17, 15) is 0 Å². The molecule has 94 valence electrons. The Morgan fingerprint density at radius 1 is 1.41 bits per heavy atom. The summed E-state index contributed by atoms with van der Waals surface area (Å²) < 4.78 is 7.22. The maximum absolute atomic E-state index is 6.01. The molecule has 0 spiro atoms. The van der Waals surface area contributed by atoms with E-state index in [2.05, 4.69) is 32.7 Å². The second kappa shape index (κ2) is 5.39. The molecule has 2 nitrogen and oxygen atoms in total. The minimum Gasteiger partial charge on any atom is -0.372 e. The highest BCUT2D eigenvalue weighted by Gasteiger charge is 2.31. The van der Waals surface area contributed by atoms with Gasteiger partial charge in [-0.25, -0.2) is 0 Å². The van der Waals surface area contributed by atoms with Gasteiger partial charge >= 0.3 is 0 Å². The summed E-state index contributed by atoms with van der Waals surface area (Å²) in [5.41, 5.74) is 0. The molecule has 3 rings (SSSR count). The quantitative estimate of drug-likeness (QED) is 0.914. The van der Waals surface area contributed by atoms with Crippen molar-refractivity contribution in [2.24, 2.45) is 5.92 Å². The molecule has 4 heteroatoms. The van der Waals surface area contributed by atoms with Gasteiger partial charge in [-0.15, -0.1) is 11.3 Å². The summed E-state index contributed by atoms with van der Waals surface area (Å²) in [6, 6.07) is 2.92. The Labute approximate surface area is 115 Å². The van der Waals surface area contributed by atoms with Crippen molar-refractivity contribution in [3.05, 3.63) is 20.8 Å². The van der Waals surface area contributed by atoms with Crippen molar-refractivity contribution in [2.75, 3.05) is 13.2 Å². The summed E-state index contributed by atoms with van der Waals surface area (Å²) >= 11 is 5.44. The van der Waals surface area contributed by atoms with Crippen LogP contribution in [-0.2, 0) is 4.74 Å². The molecule has 2 heterocycles. The molecule has 2 atom stereocenters. The molecule has 1 aliphatic carbocycles. The van der Waals surface area contributed by atoms with Gasteiger partial charge in [0.15, 0.2) is 0 Å². The van der Waals surface area contributed by atoms with E-state index in [4.69, 9.17) is 4.74 Å². The van der Waals surface area contributed by atoms with Gasteiger partial charge in [-0.1, -0.05) is 0 Å². The van der Waals surface area contributed by atoms with Gasteiger partial charge < -0.3 is 10.1 Å². The van der Waals surface area contributed by atoms with Crippen molar-refractivity contribution in [1.29, 1.82) is 0 Å². The molecule has 0 aromatic carbocycles. The Hall–Kier alpha value is 0.1000. The average molecular weight is 316 g/mol. The number of halogens is 1. The zero-order chi connectivity index (χ0) is 11.7. The van der Waals surface area contributed by atoms with E-state index in [1.165, 1.54) is 35.0 Å². The lowest BCUT2D eigenvalue weighted by molar-refractivity contribution is -0.0260. The first-order chi connectivity index (χ1) is 8.34. The standard InChI is InChI=1S/C13H18BrNOS/c14-11-5-7-17-13(11)12-9(2-1-6-16-12)8-15-10-3-4-10/h5,7,9-10,12,15H,1-4,6,8H2. The summed E-state index contributed by atoms with van der Waals surface area (Å²) in [6.07, 6.45) is 5.51. The van der Waals surface area contributed by atoms with Crippen LogP contribution in [0, 0.1) is 5.92 Å². The number of nitrogens with one attached hydrogen (secondary N) is 1. The first-order valence-electron chi connectivity index (χ1n) is 6.42. The van der Waals surface area contributed by atoms with Gasteiger partial charge in [0.2, 0.25) is 0 Å². The first kappa shape index (κ1) is 12.2. The van der Waals surface area contributed by atoms with Crippen molar-refractivity contribution in [3.63, 3.8) is 0 Å². The summed E-state index contributed by atoms with van der Waals surface area (Å²) in [5, 5.41) is 5.79. The van der Waals surface area contributed by atoms with Crippen LogP contribution in [0.1, 0.15) is 36.7 Å². The highest BCUT2D eigenvalue weighted by Crippen LogP contribution is 2.40. The summed E-state index contributed by atoms with van der Waals surface area (Å²) in [5.74, 6) is 0.638. The summed E-state index contributed by atoms with van der Waals surface area (Å²) in [7, 11) is 0. The lowest BCUT2D eigenvalue weighted by Gasteiger charge is -2.31. The van der Waals surface area contributed by atoms with Crippen LogP contribution in [0.25, 0.3) is 0 Å². The van der Waals surface area contributed by atoms with Crippen LogP contribution in [0.3, 0.4) is 0 Å². The maximum atomic E-state index is 6.01. The summed E-state index contributed by atoms with van der Waals surface area (Å²) in [4.78, 5) is 1.37. The Morgan fingerprint density at radius 2 is 2.29 bits per heavy atom. The molecule has 1 aromatic heterocycles. The van der Waals surface area contributed by atoms with E-state index in [0.717, 1.165) is 19.2 Å². The fourth-order valence-corrected chi connectivity index (χ4v) is 4.20. The van der Waals surface area contributed by atoms with Gasteiger partial charge in [-0.3, -0.25) is 0 Å².